The molecule has 2 aromatic rings. The number of hydrogen-bond donors (Lipinski definition) is 1. The van der Waals surface area contributed by atoms with Crippen LogP contribution < -0.4 is 10.5 Å². The van der Waals surface area contributed by atoms with E-state index in [2.05, 4.69) is 30.7 Å². The Morgan fingerprint density at radius 1 is 1.35 bits per heavy atom. The molecule has 0 fully saturated rings. The summed E-state index contributed by atoms with van der Waals surface area (Å²) in [6, 6.07) is 4.15. The van der Waals surface area contributed by atoms with Crippen molar-refractivity contribution in [3.63, 3.8) is 0 Å². The maximum absolute atomic E-state index is 5.68. The number of aryl methyl sites for hydroxylation is 2. The molecule has 0 unspecified atom stereocenters. The normalized spacial score (nSPS) is 11.1. The lowest BCUT2D eigenvalue weighted by Crippen LogP contribution is -2.02. The average Bonchev–Trinajstić information content (AvgIpc) is 2.70. The molecular weight excluding hydrogens is 212 g/mol. The summed E-state index contributed by atoms with van der Waals surface area (Å²) in [4.78, 5) is 0. The summed E-state index contributed by atoms with van der Waals surface area (Å²) in [7, 11) is 1.72. The number of benzene rings is 1. The molecule has 0 amide bonds. The number of fused-ring (bicyclic) bond motifs is 1. The number of aromatic nitrogens is 1. The van der Waals surface area contributed by atoms with Crippen LogP contribution >= 0.6 is 0 Å². The van der Waals surface area contributed by atoms with E-state index in [1.807, 2.05) is 6.07 Å². The standard InChI is InChI=1S/C14H20N2O/c1-4-16-9-11(7-8-15)13-10(2)5-6-12(17-3)14(13)16/h5-6,9H,4,7-8,15H2,1-3H3. The van der Waals surface area contributed by atoms with Gasteiger partial charge in [0.2, 0.25) is 0 Å². The summed E-state index contributed by atoms with van der Waals surface area (Å²) in [6.07, 6.45) is 3.12. The van der Waals surface area contributed by atoms with Crippen LogP contribution in [0.15, 0.2) is 18.3 Å². The SMILES string of the molecule is CCn1cc(CCN)c2c(C)ccc(OC)c21. The molecule has 3 nitrogen and oxygen atoms in total. The van der Waals surface area contributed by atoms with Crippen LogP contribution in [0.5, 0.6) is 5.75 Å². The van der Waals surface area contributed by atoms with Gasteiger partial charge in [-0.2, -0.15) is 0 Å². The lowest BCUT2D eigenvalue weighted by atomic mass is 10.0. The van der Waals surface area contributed by atoms with E-state index in [0.717, 1.165) is 18.7 Å². The van der Waals surface area contributed by atoms with Crippen LogP contribution in [0.4, 0.5) is 0 Å². The summed E-state index contributed by atoms with van der Waals surface area (Å²) in [6.45, 7) is 5.91. The van der Waals surface area contributed by atoms with Crippen LogP contribution in [0.2, 0.25) is 0 Å². The van der Waals surface area contributed by atoms with Gasteiger partial charge in [0.05, 0.1) is 12.6 Å². The first-order valence-electron chi connectivity index (χ1n) is 6.08. The van der Waals surface area contributed by atoms with Crippen molar-refractivity contribution < 1.29 is 4.74 Å². The monoisotopic (exact) mass is 232 g/mol. The zero-order chi connectivity index (χ0) is 12.4. The molecule has 92 valence electrons. The van der Waals surface area contributed by atoms with Gasteiger partial charge in [0.1, 0.15) is 5.75 Å². The van der Waals surface area contributed by atoms with Gasteiger partial charge in [-0.25, -0.2) is 0 Å². The van der Waals surface area contributed by atoms with Crippen LogP contribution in [0.3, 0.4) is 0 Å². The molecule has 0 saturated carbocycles. The molecule has 1 aromatic carbocycles. The van der Waals surface area contributed by atoms with Crippen molar-refractivity contribution in [2.75, 3.05) is 13.7 Å². The first-order valence-corrected chi connectivity index (χ1v) is 6.08. The second-order valence-corrected chi connectivity index (χ2v) is 4.29. The summed E-state index contributed by atoms with van der Waals surface area (Å²) in [5, 5.41) is 1.30. The molecule has 0 aliphatic rings. The lowest BCUT2D eigenvalue weighted by Gasteiger charge is -2.08. The molecule has 0 aliphatic heterocycles. The highest BCUT2D eigenvalue weighted by molar-refractivity contribution is 5.92. The molecule has 2 N–H and O–H groups in total. The van der Waals surface area contributed by atoms with Crippen molar-refractivity contribution in [1.29, 1.82) is 0 Å². The Hall–Kier alpha value is -1.48. The Bertz CT molecular complexity index is 528. The molecule has 1 heterocycles. The molecule has 2 rings (SSSR count). The second kappa shape index (κ2) is 4.80. The van der Waals surface area contributed by atoms with Crippen molar-refractivity contribution in [1.82, 2.24) is 4.57 Å². The van der Waals surface area contributed by atoms with E-state index in [0.29, 0.717) is 6.54 Å². The fraction of sp³-hybridized carbons (Fsp3) is 0.429. The fourth-order valence-electron chi connectivity index (χ4n) is 2.44. The van der Waals surface area contributed by atoms with Gasteiger partial charge in [-0.05, 0) is 44.0 Å². The molecule has 3 heteroatoms. The van der Waals surface area contributed by atoms with E-state index in [-0.39, 0.29) is 0 Å². The predicted octanol–water partition coefficient (Wildman–Crippen LogP) is 2.48. The molecule has 0 aliphatic carbocycles. The first-order chi connectivity index (χ1) is 8.22. The summed E-state index contributed by atoms with van der Waals surface area (Å²) in [5.41, 5.74) is 9.48. The van der Waals surface area contributed by atoms with E-state index >= 15 is 0 Å². The van der Waals surface area contributed by atoms with Gasteiger partial charge in [-0.15, -0.1) is 0 Å². The van der Waals surface area contributed by atoms with E-state index < -0.39 is 0 Å². The predicted molar refractivity (Wildman–Crippen MR) is 71.7 cm³/mol. The van der Waals surface area contributed by atoms with Crippen LogP contribution in [0.25, 0.3) is 10.9 Å². The molecule has 0 saturated heterocycles. The smallest absolute Gasteiger partial charge is 0.143 e. The quantitative estimate of drug-likeness (QED) is 0.879. The Morgan fingerprint density at radius 3 is 2.71 bits per heavy atom. The molecule has 1 aromatic heterocycles. The second-order valence-electron chi connectivity index (χ2n) is 4.29. The van der Waals surface area contributed by atoms with Crippen molar-refractivity contribution in [3.05, 3.63) is 29.5 Å². The summed E-state index contributed by atoms with van der Waals surface area (Å²) in [5.74, 6) is 0.940. The highest BCUT2D eigenvalue weighted by Crippen LogP contribution is 2.32. The van der Waals surface area contributed by atoms with Crippen molar-refractivity contribution in [2.45, 2.75) is 26.8 Å². The van der Waals surface area contributed by atoms with Crippen LogP contribution in [0, 0.1) is 6.92 Å². The number of nitrogens with two attached hydrogens (primary N) is 1. The van der Waals surface area contributed by atoms with Gasteiger partial charge in [0, 0.05) is 18.1 Å². The minimum atomic E-state index is 0.680. The van der Waals surface area contributed by atoms with E-state index in [4.69, 9.17) is 10.5 Å². The average molecular weight is 232 g/mol. The Kier molecular flexibility index (Phi) is 3.38. The zero-order valence-corrected chi connectivity index (χ0v) is 10.8. The van der Waals surface area contributed by atoms with Crippen LogP contribution in [-0.2, 0) is 13.0 Å². The van der Waals surface area contributed by atoms with Gasteiger partial charge in [-0.3, -0.25) is 0 Å². The molecule has 17 heavy (non-hydrogen) atoms. The van der Waals surface area contributed by atoms with Crippen molar-refractivity contribution >= 4 is 10.9 Å². The van der Waals surface area contributed by atoms with Crippen LogP contribution in [-0.4, -0.2) is 18.2 Å². The van der Waals surface area contributed by atoms with Crippen molar-refractivity contribution in [2.24, 2.45) is 5.73 Å². The lowest BCUT2D eigenvalue weighted by molar-refractivity contribution is 0.417. The van der Waals surface area contributed by atoms with Gasteiger partial charge < -0.3 is 15.0 Å². The maximum atomic E-state index is 5.68. The molecule has 0 radical (unpaired) electrons. The number of methoxy groups -OCH3 is 1. The van der Waals surface area contributed by atoms with E-state index in [1.165, 1.54) is 22.0 Å². The number of rotatable bonds is 4. The van der Waals surface area contributed by atoms with Crippen LogP contribution in [0.1, 0.15) is 18.1 Å². The van der Waals surface area contributed by atoms with E-state index in [1.54, 1.807) is 7.11 Å². The zero-order valence-electron chi connectivity index (χ0n) is 10.8. The molecule has 0 atom stereocenters. The van der Waals surface area contributed by atoms with E-state index in [9.17, 15) is 0 Å². The third kappa shape index (κ3) is 1.91. The van der Waals surface area contributed by atoms with Gasteiger partial charge in [0.25, 0.3) is 0 Å². The number of hydrogen-bond acceptors (Lipinski definition) is 2. The minimum absolute atomic E-state index is 0.680. The molecular formula is C14H20N2O. The van der Waals surface area contributed by atoms with Gasteiger partial charge >= 0.3 is 0 Å². The topological polar surface area (TPSA) is 40.2 Å². The first kappa shape index (κ1) is 12.0. The summed E-state index contributed by atoms with van der Waals surface area (Å²) >= 11 is 0. The highest BCUT2D eigenvalue weighted by Gasteiger charge is 2.13. The Labute approximate surface area is 102 Å². The molecule has 0 spiro atoms. The highest BCUT2D eigenvalue weighted by atomic mass is 16.5. The maximum Gasteiger partial charge on any atom is 0.143 e. The third-order valence-electron chi connectivity index (χ3n) is 3.24. The fourth-order valence-corrected chi connectivity index (χ4v) is 2.44. The van der Waals surface area contributed by atoms with Gasteiger partial charge in [-0.1, -0.05) is 6.07 Å². The van der Waals surface area contributed by atoms with Gasteiger partial charge in [0.15, 0.2) is 0 Å². The number of nitrogens with zero attached hydrogens (tertiary/aromatic N) is 1. The Morgan fingerprint density at radius 2 is 2.12 bits per heavy atom. The Balaban J connectivity index is 2.78. The molecule has 0 bridgehead atoms. The largest absolute Gasteiger partial charge is 0.495 e. The number of ether oxygens (including phenoxy) is 1. The third-order valence-corrected chi connectivity index (χ3v) is 3.24. The minimum Gasteiger partial charge on any atom is -0.495 e. The van der Waals surface area contributed by atoms with Crippen molar-refractivity contribution in [3.8, 4) is 5.75 Å². The summed E-state index contributed by atoms with van der Waals surface area (Å²) < 4.78 is 7.71.